The fourth-order valence-corrected chi connectivity index (χ4v) is 0.638. The molecule has 0 saturated carbocycles. The van der Waals surface area contributed by atoms with Crippen LogP contribution in [0.15, 0.2) is 12.3 Å². The summed E-state index contributed by atoms with van der Waals surface area (Å²) in [6, 6.07) is 3.73. The van der Waals surface area contributed by atoms with Crippen molar-refractivity contribution in [2.24, 2.45) is 0 Å². The lowest BCUT2D eigenvalue weighted by Crippen LogP contribution is -1.75. The Labute approximate surface area is 63.4 Å². The molecule has 0 radical (unpaired) electrons. The second kappa shape index (κ2) is 3.19. The Morgan fingerprint density at radius 1 is 1.55 bits per heavy atom. The minimum absolute atomic E-state index is 0.372. The summed E-state index contributed by atoms with van der Waals surface area (Å²) in [6.07, 6.45) is 4.32. The van der Waals surface area contributed by atoms with E-state index in [0.717, 1.165) is 0 Å². The number of aromatic amines is 1. The number of allylic oxidation sites excluding steroid dienone is 1. The van der Waals surface area contributed by atoms with Gasteiger partial charge in [-0.05, 0) is 6.08 Å². The van der Waals surface area contributed by atoms with Gasteiger partial charge in [0.2, 0.25) is 0 Å². The molecule has 0 spiro atoms. The molecule has 0 amide bonds. The maximum atomic E-state index is 8.47. The van der Waals surface area contributed by atoms with Crippen LogP contribution in [0, 0.1) is 22.7 Å². The van der Waals surface area contributed by atoms with E-state index >= 15 is 0 Å². The van der Waals surface area contributed by atoms with Crippen LogP contribution >= 0.6 is 0 Å². The normalized spacial score (nSPS) is 9.27. The quantitative estimate of drug-likeness (QED) is 0.592. The smallest absolute Gasteiger partial charge is 0.142 e. The van der Waals surface area contributed by atoms with Gasteiger partial charge in [0, 0.05) is 11.6 Å². The first-order valence-electron chi connectivity index (χ1n) is 2.88. The van der Waals surface area contributed by atoms with Crippen molar-refractivity contribution in [2.75, 3.05) is 0 Å². The summed E-state index contributed by atoms with van der Waals surface area (Å²) in [5.74, 6) is 0. The predicted octanol–water partition coefficient (Wildman–Crippen LogP) is 0.818. The van der Waals surface area contributed by atoms with Crippen LogP contribution in [-0.4, -0.2) is 10.2 Å². The number of rotatable bonds is 1. The van der Waals surface area contributed by atoms with Gasteiger partial charge in [-0.3, -0.25) is 5.10 Å². The van der Waals surface area contributed by atoms with Crippen molar-refractivity contribution < 1.29 is 0 Å². The van der Waals surface area contributed by atoms with Gasteiger partial charge in [0.1, 0.15) is 11.8 Å². The summed E-state index contributed by atoms with van der Waals surface area (Å²) in [7, 11) is 0. The first-order chi connectivity index (χ1) is 5.38. The van der Waals surface area contributed by atoms with Crippen LogP contribution in [0.1, 0.15) is 11.3 Å². The van der Waals surface area contributed by atoms with Crippen LogP contribution < -0.4 is 0 Å². The summed E-state index contributed by atoms with van der Waals surface area (Å²) in [4.78, 5) is 0. The Kier molecular flexibility index (Phi) is 2.04. The zero-order valence-electron chi connectivity index (χ0n) is 5.57. The van der Waals surface area contributed by atoms with Gasteiger partial charge in [0.25, 0.3) is 0 Å². The van der Waals surface area contributed by atoms with Gasteiger partial charge in [-0.15, -0.1) is 0 Å². The molecular weight excluding hydrogens is 140 g/mol. The Morgan fingerprint density at radius 3 is 3.00 bits per heavy atom. The molecule has 1 rings (SSSR count). The van der Waals surface area contributed by atoms with E-state index in [9.17, 15) is 0 Å². The summed E-state index contributed by atoms with van der Waals surface area (Å²) in [6.45, 7) is 0. The number of hydrogen-bond acceptors (Lipinski definition) is 3. The van der Waals surface area contributed by atoms with E-state index in [1.165, 1.54) is 18.3 Å². The summed E-state index contributed by atoms with van der Waals surface area (Å²) in [5.41, 5.74) is 1.01. The lowest BCUT2D eigenvalue weighted by Gasteiger charge is -1.80. The van der Waals surface area contributed by atoms with Crippen molar-refractivity contribution in [1.29, 1.82) is 10.5 Å². The Balaban J connectivity index is 2.98. The maximum absolute atomic E-state index is 8.47. The van der Waals surface area contributed by atoms with Gasteiger partial charge in [-0.2, -0.15) is 15.6 Å². The zero-order valence-corrected chi connectivity index (χ0v) is 5.57. The lowest BCUT2D eigenvalue weighted by molar-refractivity contribution is 1.07. The minimum Gasteiger partial charge on any atom is -0.267 e. The van der Waals surface area contributed by atoms with Crippen LogP contribution in [0.25, 0.3) is 6.08 Å². The van der Waals surface area contributed by atoms with Crippen LogP contribution in [0.4, 0.5) is 0 Å². The molecule has 0 bridgehead atoms. The third kappa shape index (κ3) is 1.44. The molecule has 4 heteroatoms. The van der Waals surface area contributed by atoms with Gasteiger partial charge in [0.15, 0.2) is 0 Å². The van der Waals surface area contributed by atoms with Crippen molar-refractivity contribution >= 4 is 6.08 Å². The number of nitriles is 2. The van der Waals surface area contributed by atoms with Gasteiger partial charge >= 0.3 is 0 Å². The standard InChI is InChI=1S/C7H4N4/c8-3-1-2-6-5-10-11-7(6)4-9/h1-2,5H,(H,10,11). The van der Waals surface area contributed by atoms with Crippen LogP contribution in [0.2, 0.25) is 0 Å². The minimum atomic E-state index is 0.372. The Bertz CT molecular complexity index is 347. The number of nitrogens with zero attached hydrogens (tertiary/aromatic N) is 3. The predicted molar refractivity (Wildman–Crippen MR) is 37.9 cm³/mol. The average molecular weight is 144 g/mol. The highest BCUT2D eigenvalue weighted by molar-refractivity contribution is 5.56. The van der Waals surface area contributed by atoms with Crippen LogP contribution in [0.5, 0.6) is 0 Å². The van der Waals surface area contributed by atoms with Crippen molar-refractivity contribution in [2.45, 2.75) is 0 Å². The van der Waals surface area contributed by atoms with E-state index in [-0.39, 0.29) is 0 Å². The molecule has 0 aliphatic heterocycles. The number of nitrogens with one attached hydrogen (secondary N) is 1. The van der Waals surface area contributed by atoms with Crippen LogP contribution in [-0.2, 0) is 0 Å². The van der Waals surface area contributed by atoms with Gasteiger partial charge < -0.3 is 0 Å². The molecule has 52 valence electrons. The van der Waals surface area contributed by atoms with Crippen molar-refractivity contribution in [3.05, 3.63) is 23.5 Å². The van der Waals surface area contributed by atoms with E-state index in [1.807, 2.05) is 12.1 Å². The number of hydrogen-bond donors (Lipinski definition) is 1. The molecule has 0 atom stereocenters. The Morgan fingerprint density at radius 2 is 2.36 bits per heavy atom. The summed E-state index contributed by atoms with van der Waals surface area (Å²) < 4.78 is 0. The van der Waals surface area contributed by atoms with Gasteiger partial charge in [-0.1, -0.05) is 0 Å². The molecule has 0 aromatic carbocycles. The Hall–Kier alpha value is -2.07. The van der Waals surface area contributed by atoms with Gasteiger partial charge in [0.05, 0.1) is 12.3 Å². The molecular formula is C7H4N4. The molecule has 1 heterocycles. The first kappa shape index (κ1) is 7.04. The highest BCUT2D eigenvalue weighted by atomic mass is 15.1. The molecule has 1 aromatic heterocycles. The monoisotopic (exact) mass is 144 g/mol. The zero-order chi connectivity index (χ0) is 8.10. The number of aromatic nitrogens is 2. The van der Waals surface area contributed by atoms with E-state index in [4.69, 9.17) is 10.5 Å². The topological polar surface area (TPSA) is 76.3 Å². The molecule has 0 saturated heterocycles. The molecule has 0 aliphatic carbocycles. The van der Waals surface area contributed by atoms with Crippen LogP contribution in [0.3, 0.4) is 0 Å². The maximum Gasteiger partial charge on any atom is 0.142 e. The third-order valence-electron chi connectivity index (χ3n) is 1.12. The van der Waals surface area contributed by atoms with Crippen molar-refractivity contribution in [1.82, 2.24) is 10.2 Å². The second-order valence-corrected chi connectivity index (χ2v) is 1.77. The molecule has 0 unspecified atom stereocenters. The molecule has 11 heavy (non-hydrogen) atoms. The van der Waals surface area contributed by atoms with E-state index in [0.29, 0.717) is 11.3 Å². The molecule has 1 aromatic rings. The average Bonchev–Trinajstić information content (AvgIpc) is 2.47. The van der Waals surface area contributed by atoms with E-state index in [1.54, 1.807) is 0 Å². The van der Waals surface area contributed by atoms with E-state index in [2.05, 4.69) is 10.2 Å². The third-order valence-corrected chi connectivity index (χ3v) is 1.12. The van der Waals surface area contributed by atoms with Gasteiger partial charge in [-0.25, -0.2) is 0 Å². The summed E-state index contributed by atoms with van der Waals surface area (Å²) >= 11 is 0. The summed E-state index contributed by atoms with van der Waals surface area (Å²) in [5, 5.41) is 22.8. The van der Waals surface area contributed by atoms with Crippen molar-refractivity contribution in [3.8, 4) is 12.1 Å². The first-order valence-corrected chi connectivity index (χ1v) is 2.88. The lowest BCUT2D eigenvalue weighted by atomic mass is 10.2. The van der Waals surface area contributed by atoms with E-state index < -0.39 is 0 Å². The second-order valence-electron chi connectivity index (χ2n) is 1.77. The fraction of sp³-hybridized carbons (Fsp3) is 0. The molecule has 1 N–H and O–H groups in total. The number of H-pyrrole nitrogens is 1. The largest absolute Gasteiger partial charge is 0.267 e. The molecule has 0 aliphatic rings. The molecule has 4 nitrogen and oxygen atoms in total. The molecule has 0 fully saturated rings. The highest BCUT2D eigenvalue weighted by Crippen LogP contribution is 2.03. The van der Waals surface area contributed by atoms with Crippen molar-refractivity contribution in [3.63, 3.8) is 0 Å². The highest BCUT2D eigenvalue weighted by Gasteiger charge is 1.97. The SMILES string of the molecule is N#CC=Cc1cn[nH]c1C#N. The fourth-order valence-electron chi connectivity index (χ4n) is 0.638.